The Balaban J connectivity index is 1.80. The first kappa shape index (κ1) is 17.3. The van der Waals surface area contributed by atoms with Gasteiger partial charge in [-0.15, -0.1) is 0 Å². The fourth-order valence-corrected chi connectivity index (χ4v) is 2.84. The molecule has 1 heterocycles. The zero-order chi connectivity index (χ0) is 17.5. The summed E-state index contributed by atoms with van der Waals surface area (Å²) < 4.78 is 17.6. The van der Waals surface area contributed by atoms with Gasteiger partial charge in [0.15, 0.2) is 0 Å². The summed E-state index contributed by atoms with van der Waals surface area (Å²) in [6.45, 7) is 8.07. The number of benzene rings is 1. The molecule has 0 aromatic heterocycles. The highest BCUT2D eigenvalue weighted by atomic mass is 16.7. The van der Waals surface area contributed by atoms with Gasteiger partial charge in [-0.1, -0.05) is 6.07 Å². The van der Waals surface area contributed by atoms with Crippen LogP contribution in [-0.4, -0.2) is 37.4 Å². The quantitative estimate of drug-likeness (QED) is 0.860. The predicted octanol–water partition coefficient (Wildman–Crippen LogP) is 2.28. The van der Waals surface area contributed by atoms with Gasteiger partial charge in [0.25, 0.3) is 5.91 Å². The van der Waals surface area contributed by atoms with Crippen molar-refractivity contribution in [2.45, 2.75) is 64.2 Å². The highest BCUT2D eigenvalue weighted by molar-refractivity contribution is 6.62. The van der Waals surface area contributed by atoms with Crippen LogP contribution in [0.2, 0.25) is 0 Å². The molecular formula is C18H26BNO4. The Hall–Kier alpha value is -1.53. The van der Waals surface area contributed by atoms with E-state index in [2.05, 4.69) is 5.32 Å². The molecule has 5 nitrogen and oxygen atoms in total. The summed E-state index contributed by atoms with van der Waals surface area (Å²) in [5.41, 5.74) is 0.603. The van der Waals surface area contributed by atoms with Crippen LogP contribution in [0.5, 0.6) is 5.75 Å². The fourth-order valence-electron chi connectivity index (χ4n) is 2.84. The van der Waals surface area contributed by atoms with Crippen LogP contribution in [0.3, 0.4) is 0 Å². The highest BCUT2D eigenvalue weighted by Crippen LogP contribution is 2.36. The van der Waals surface area contributed by atoms with Gasteiger partial charge in [0.1, 0.15) is 5.75 Å². The lowest BCUT2D eigenvalue weighted by atomic mass is 9.78. The van der Waals surface area contributed by atoms with Crippen molar-refractivity contribution in [3.05, 3.63) is 23.8 Å². The third-order valence-electron chi connectivity index (χ3n) is 5.44. The molecule has 130 valence electrons. The summed E-state index contributed by atoms with van der Waals surface area (Å²) >= 11 is 0. The maximum atomic E-state index is 12.4. The number of amides is 1. The minimum atomic E-state index is -0.465. The Labute approximate surface area is 144 Å². The fraction of sp³-hybridized carbons (Fsp3) is 0.611. The van der Waals surface area contributed by atoms with Gasteiger partial charge < -0.3 is 19.4 Å². The molecule has 1 aromatic rings. The van der Waals surface area contributed by atoms with Gasteiger partial charge in [0, 0.05) is 6.04 Å². The molecule has 1 aliphatic carbocycles. The summed E-state index contributed by atoms with van der Waals surface area (Å²) in [6.07, 6.45) is 3.29. The van der Waals surface area contributed by atoms with Crippen LogP contribution in [0, 0.1) is 0 Å². The SMILES string of the molecule is COc1cc(B2OC(C)(C)C(C)(C)O2)ccc1C(=O)NC1CCC1. The second kappa shape index (κ2) is 6.08. The smallest absolute Gasteiger partial charge is 0.494 e. The van der Waals surface area contributed by atoms with Gasteiger partial charge in [0.05, 0.1) is 23.9 Å². The summed E-state index contributed by atoms with van der Waals surface area (Å²) in [5.74, 6) is 0.455. The first-order valence-corrected chi connectivity index (χ1v) is 8.58. The second-order valence-electron chi connectivity index (χ2n) is 7.65. The molecule has 0 radical (unpaired) electrons. The van der Waals surface area contributed by atoms with Gasteiger partial charge in [-0.3, -0.25) is 4.79 Å². The van der Waals surface area contributed by atoms with Crippen molar-refractivity contribution >= 4 is 18.5 Å². The minimum absolute atomic E-state index is 0.0861. The van der Waals surface area contributed by atoms with E-state index in [9.17, 15) is 4.79 Å². The first-order chi connectivity index (χ1) is 11.2. The van der Waals surface area contributed by atoms with E-state index in [0.717, 1.165) is 18.3 Å². The lowest BCUT2D eigenvalue weighted by molar-refractivity contribution is 0.00578. The van der Waals surface area contributed by atoms with Crippen molar-refractivity contribution < 1.29 is 18.8 Å². The average Bonchev–Trinajstić information content (AvgIpc) is 2.70. The third kappa shape index (κ3) is 3.05. The van der Waals surface area contributed by atoms with Gasteiger partial charge in [-0.05, 0) is 64.6 Å². The largest absolute Gasteiger partial charge is 0.496 e. The first-order valence-electron chi connectivity index (χ1n) is 8.58. The Morgan fingerprint density at radius 2 is 1.83 bits per heavy atom. The molecular weight excluding hydrogens is 305 g/mol. The van der Waals surface area contributed by atoms with E-state index in [1.54, 1.807) is 13.2 Å². The third-order valence-corrected chi connectivity index (χ3v) is 5.44. The summed E-state index contributed by atoms with van der Waals surface area (Å²) in [6, 6.07) is 5.79. The number of methoxy groups -OCH3 is 1. The van der Waals surface area contributed by atoms with Crippen molar-refractivity contribution in [3.63, 3.8) is 0 Å². The molecule has 0 atom stereocenters. The molecule has 1 saturated carbocycles. The molecule has 1 aliphatic heterocycles. The van der Waals surface area contributed by atoms with Crippen molar-refractivity contribution in [2.24, 2.45) is 0 Å². The Bertz CT molecular complexity index is 624. The maximum Gasteiger partial charge on any atom is 0.494 e. The van der Waals surface area contributed by atoms with Crippen LogP contribution in [-0.2, 0) is 9.31 Å². The van der Waals surface area contributed by atoms with Crippen LogP contribution in [0.25, 0.3) is 0 Å². The predicted molar refractivity (Wildman–Crippen MR) is 93.8 cm³/mol. The molecule has 2 fully saturated rings. The molecule has 1 aromatic carbocycles. The zero-order valence-corrected chi connectivity index (χ0v) is 15.1. The molecule has 1 N–H and O–H groups in total. The Kier molecular flexibility index (Phi) is 4.38. The molecule has 24 heavy (non-hydrogen) atoms. The molecule has 2 aliphatic rings. The topological polar surface area (TPSA) is 56.8 Å². The summed E-state index contributed by atoms with van der Waals surface area (Å²) in [7, 11) is 1.11. The van der Waals surface area contributed by atoms with Crippen molar-refractivity contribution in [1.29, 1.82) is 0 Å². The van der Waals surface area contributed by atoms with Gasteiger partial charge in [-0.2, -0.15) is 0 Å². The van der Waals surface area contributed by atoms with Crippen molar-refractivity contribution in [2.75, 3.05) is 7.11 Å². The number of hydrogen-bond donors (Lipinski definition) is 1. The number of ether oxygens (including phenoxy) is 1. The van der Waals surface area contributed by atoms with E-state index in [4.69, 9.17) is 14.0 Å². The number of carbonyl (C=O) groups is 1. The second-order valence-corrected chi connectivity index (χ2v) is 7.65. The molecule has 0 bridgehead atoms. The zero-order valence-electron chi connectivity index (χ0n) is 15.1. The van der Waals surface area contributed by atoms with E-state index in [-0.39, 0.29) is 5.91 Å². The van der Waals surface area contributed by atoms with Crippen molar-refractivity contribution in [1.82, 2.24) is 5.32 Å². The van der Waals surface area contributed by atoms with E-state index < -0.39 is 18.3 Å². The van der Waals surface area contributed by atoms with Crippen LogP contribution >= 0.6 is 0 Å². The van der Waals surface area contributed by atoms with Gasteiger partial charge >= 0.3 is 7.12 Å². The van der Waals surface area contributed by atoms with Crippen LogP contribution in [0.1, 0.15) is 57.3 Å². The number of hydrogen-bond acceptors (Lipinski definition) is 4. The van der Waals surface area contributed by atoms with E-state index in [0.29, 0.717) is 17.4 Å². The van der Waals surface area contributed by atoms with E-state index in [1.165, 1.54) is 6.42 Å². The van der Waals surface area contributed by atoms with Crippen LogP contribution in [0.15, 0.2) is 18.2 Å². The lowest BCUT2D eigenvalue weighted by Crippen LogP contribution is -2.41. The number of carbonyl (C=O) groups excluding carboxylic acids is 1. The molecule has 6 heteroatoms. The summed E-state index contributed by atoms with van der Waals surface area (Å²) in [4.78, 5) is 12.4. The van der Waals surface area contributed by atoms with Gasteiger partial charge in [-0.25, -0.2) is 0 Å². The van der Waals surface area contributed by atoms with Crippen LogP contribution < -0.4 is 15.5 Å². The monoisotopic (exact) mass is 331 g/mol. The molecule has 0 unspecified atom stereocenters. The lowest BCUT2D eigenvalue weighted by Gasteiger charge is -2.32. The molecule has 1 amide bonds. The average molecular weight is 331 g/mol. The molecule has 0 spiro atoms. The highest BCUT2D eigenvalue weighted by Gasteiger charge is 2.51. The normalized spacial score (nSPS) is 22.1. The van der Waals surface area contributed by atoms with Gasteiger partial charge in [0.2, 0.25) is 0 Å². The van der Waals surface area contributed by atoms with Crippen LogP contribution in [0.4, 0.5) is 0 Å². The molecule has 1 saturated heterocycles. The van der Waals surface area contributed by atoms with E-state index >= 15 is 0 Å². The maximum absolute atomic E-state index is 12.4. The van der Waals surface area contributed by atoms with Crippen molar-refractivity contribution in [3.8, 4) is 5.75 Å². The Morgan fingerprint density at radius 3 is 2.33 bits per heavy atom. The Morgan fingerprint density at radius 1 is 1.21 bits per heavy atom. The number of nitrogens with one attached hydrogen (secondary N) is 1. The standard InChI is InChI=1S/C18H26BNO4/c1-17(2)18(3,4)24-19(23-17)12-9-10-14(15(11-12)22-5)16(21)20-13-7-6-8-13/h9-11,13H,6-8H2,1-5H3,(H,20,21). The summed E-state index contributed by atoms with van der Waals surface area (Å²) in [5, 5.41) is 3.04. The number of rotatable bonds is 4. The molecule has 3 rings (SSSR count). The minimum Gasteiger partial charge on any atom is -0.496 e. The van der Waals surface area contributed by atoms with E-state index in [1.807, 2.05) is 39.8 Å².